The highest BCUT2D eigenvalue weighted by atomic mass is 35.5. The fraction of sp³-hybridized carbons (Fsp3) is 0.688. The van der Waals surface area contributed by atoms with Gasteiger partial charge in [0.15, 0.2) is 5.96 Å². The van der Waals surface area contributed by atoms with Crippen molar-refractivity contribution < 1.29 is 5.11 Å². The van der Waals surface area contributed by atoms with Crippen molar-refractivity contribution in [2.24, 2.45) is 4.99 Å². The van der Waals surface area contributed by atoms with E-state index in [-0.39, 0.29) is 0 Å². The van der Waals surface area contributed by atoms with Crippen molar-refractivity contribution in [1.82, 2.24) is 15.5 Å². The Hall–Kier alpha value is -0.820. The number of likely N-dealkylation sites (N-methyl/N-ethyl adjacent to an activating group) is 1. The second kappa shape index (κ2) is 9.47. The number of aliphatic imine (C=N–C) groups is 1. The van der Waals surface area contributed by atoms with E-state index in [1.807, 2.05) is 13.0 Å². The van der Waals surface area contributed by atoms with E-state index in [1.165, 1.54) is 30.7 Å². The lowest BCUT2D eigenvalue weighted by molar-refractivity contribution is 0.191. The van der Waals surface area contributed by atoms with Gasteiger partial charge in [-0.1, -0.05) is 18.5 Å². The van der Waals surface area contributed by atoms with Crippen LogP contribution in [0.5, 0.6) is 0 Å². The highest BCUT2D eigenvalue weighted by molar-refractivity contribution is 7.16. The molecular formula is C16H27ClN4OS. The summed E-state index contributed by atoms with van der Waals surface area (Å²) in [4.78, 5) is 7.85. The lowest BCUT2D eigenvalue weighted by Gasteiger charge is -2.24. The predicted octanol–water partition coefficient (Wildman–Crippen LogP) is 2.47. The zero-order valence-corrected chi connectivity index (χ0v) is 15.5. The molecule has 130 valence electrons. The van der Waals surface area contributed by atoms with E-state index in [2.05, 4.69) is 27.4 Å². The van der Waals surface area contributed by atoms with Crippen LogP contribution in [-0.2, 0) is 0 Å². The highest BCUT2D eigenvalue weighted by Gasteiger charge is 2.22. The van der Waals surface area contributed by atoms with Gasteiger partial charge in [0.05, 0.1) is 10.9 Å². The van der Waals surface area contributed by atoms with Gasteiger partial charge in [-0.15, -0.1) is 11.3 Å². The maximum absolute atomic E-state index is 10.2. The van der Waals surface area contributed by atoms with Gasteiger partial charge < -0.3 is 15.7 Å². The number of nitrogens with zero attached hydrogens (tertiary/aromatic N) is 2. The predicted molar refractivity (Wildman–Crippen MR) is 98.5 cm³/mol. The van der Waals surface area contributed by atoms with Crippen molar-refractivity contribution in [2.75, 3.05) is 32.7 Å². The summed E-state index contributed by atoms with van der Waals surface area (Å²) in [7, 11) is 0. The SMILES string of the molecule is CCNC(=NCC(O)c1ccc(Cl)s1)NCC1CCCN1CC. The maximum atomic E-state index is 10.2. The van der Waals surface area contributed by atoms with Crippen molar-refractivity contribution >= 4 is 28.9 Å². The average Bonchev–Trinajstić information content (AvgIpc) is 3.18. The van der Waals surface area contributed by atoms with Gasteiger partial charge >= 0.3 is 0 Å². The normalized spacial score (nSPS) is 20.7. The van der Waals surface area contributed by atoms with Crippen molar-refractivity contribution in [3.8, 4) is 0 Å². The fourth-order valence-corrected chi connectivity index (χ4v) is 3.91. The zero-order chi connectivity index (χ0) is 16.7. The number of hydrogen-bond acceptors (Lipinski definition) is 4. The number of hydrogen-bond donors (Lipinski definition) is 3. The van der Waals surface area contributed by atoms with E-state index < -0.39 is 6.10 Å². The number of halogens is 1. The molecule has 0 aromatic carbocycles. The first-order chi connectivity index (χ1) is 11.1. The van der Waals surface area contributed by atoms with Crippen molar-refractivity contribution in [1.29, 1.82) is 0 Å². The molecule has 1 fully saturated rings. The van der Waals surface area contributed by atoms with Crippen LogP contribution in [0.2, 0.25) is 4.34 Å². The zero-order valence-electron chi connectivity index (χ0n) is 13.9. The number of aliphatic hydroxyl groups excluding tert-OH is 1. The molecule has 1 aliphatic heterocycles. The minimum atomic E-state index is -0.610. The number of likely N-dealkylation sites (tertiary alicyclic amines) is 1. The lowest BCUT2D eigenvalue weighted by atomic mass is 10.2. The fourth-order valence-electron chi connectivity index (χ4n) is 2.87. The summed E-state index contributed by atoms with van der Waals surface area (Å²) >= 11 is 7.31. The Labute approximate surface area is 147 Å². The van der Waals surface area contributed by atoms with Gasteiger partial charge in [-0.2, -0.15) is 0 Å². The van der Waals surface area contributed by atoms with E-state index in [4.69, 9.17) is 11.6 Å². The van der Waals surface area contributed by atoms with E-state index >= 15 is 0 Å². The van der Waals surface area contributed by atoms with Crippen LogP contribution in [0.25, 0.3) is 0 Å². The van der Waals surface area contributed by atoms with E-state index in [1.54, 1.807) is 6.07 Å². The van der Waals surface area contributed by atoms with Crippen LogP contribution < -0.4 is 10.6 Å². The summed E-state index contributed by atoms with van der Waals surface area (Å²) < 4.78 is 0.689. The first kappa shape index (κ1) is 18.5. The highest BCUT2D eigenvalue weighted by Crippen LogP contribution is 2.26. The van der Waals surface area contributed by atoms with Crippen LogP contribution >= 0.6 is 22.9 Å². The molecule has 2 heterocycles. The molecule has 0 bridgehead atoms. The minimum absolute atomic E-state index is 0.328. The van der Waals surface area contributed by atoms with Gasteiger partial charge in [-0.3, -0.25) is 9.89 Å². The smallest absolute Gasteiger partial charge is 0.191 e. The maximum Gasteiger partial charge on any atom is 0.191 e. The van der Waals surface area contributed by atoms with Crippen LogP contribution in [0.1, 0.15) is 37.7 Å². The Morgan fingerprint density at radius 2 is 2.30 bits per heavy atom. The molecule has 23 heavy (non-hydrogen) atoms. The van der Waals surface area contributed by atoms with Gasteiger partial charge in [0, 0.05) is 24.0 Å². The summed E-state index contributed by atoms with van der Waals surface area (Å²) in [5.41, 5.74) is 0. The second-order valence-corrected chi connectivity index (χ2v) is 7.43. The van der Waals surface area contributed by atoms with Crippen LogP contribution in [0.15, 0.2) is 17.1 Å². The van der Waals surface area contributed by atoms with E-state index in [0.717, 1.165) is 30.5 Å². The third-order valence-electron chi connectivity index (χ3n) is 4.10. The number of aliphatic hydroxyl groups is 1. The number of rotatable bonds is 7. The molecule has 0 saturated carbocycles. The molecule has 0 amide bonds. The topological polar surface area (TPSA) is 59.9 Å². The molecule has 2 atom stereocenters. The second-order valence-electron chi connectivity index (χ2n) is 5.68. The average molecular weight is 359 g/mol. The Bertz CT molecular complexity index is 508. The number of guanidine groups is 1. The van der Waals surface area contributed by atoms with Crippen molar-refractivity contribution in [2.45, 2.75) is 38.8 Å². The summed E-state index contributed by atoms with van der Waals surface area (Å²) in [5.74, 6) is 0.761. The summed E-state index contributed by atoms with van der Waals surface area (Å²) in [6.45, 7) is 8.55. The lowest BCUT2D eigenvalue weighted by Crippen LogP contribution is -2.45. The molecule has 1 aromatic heterocycles. The Morgan fingerprint density at radius 1 is 1.48 bits per heavy atom. The third kappa shape index (κ3) is 5.64. The standard InChI is InChI=1S/C16H27ClN4OS/c1-3-18-16(19-10-12-6-5-9-21(12)4-2)20-11-13(22)14-7-8-15(17)23-14/h7-8,12-13,22H,3-6,9-11H2,1-2H3,(H2,18,19,20). The van der Waals surface area contributed by atoms with Crippen molar-refractivity contribution in [3.63, 3.8) is 0 Å². The molecule has 5 nitrogen and oxygen atoms in total. The molecule has 3 N–H and O–H groups in total. The van der Waals surface area contributed by atoms with Gasteiger partial charge in [-0.05, 0) is 45.0 Å². The first-order valence-corrected chi connectivity index (χ1v) is 9.53. The van der Waals surface area contributed by atoms with Crippen LogP contribution in [0.3, 0.4) is 0 Å². The van der Waals surface area contributed by atoms with E-state index in [0.29, 0.717) is 16.9 Å². The Kier molecular flexibility index (Phi) is 7.62. The Balaban J connectivity index is 1.86. The molecule has 2 rings (SSSR count). The third-order valence-corrected chi connectivity index (χ3v) is 5.43. The molecule has 2 unspecified atom stereocenters. The van der Waals surface area contributed by atoms with Gasteiger partial charge in [0.1, 0.15) is 6.10 Å². The van der Waals surface area contributed by atoms with Crippen molar-refractivity contribution in [3.05, 3.63) is 21.3 Å². The number of thiophene rings is 1. The van der Waals surface area contributed by atoms with Gasteiger partial charge in [-0.25, -0.2) is 0 Å². The molecule has 1 aromatic rings. The first-order valence-electron chi connectivity index (χ1n) is 8.33. The molecule has 0 radical (unpaired) electrons. The van der Waals surface area contributed by atoms with Gasteiger partial charge in [0.25, 0.3) is 0 Å². The largest absolute Gasteiger partial charge is 0.386 e. The minimum Gasteiger partial charge on any atom is -0.386 e. The molecule has 7 heteroatoms. The monoisotopic (exact) mass is 358 g/mol. The quantitative estimate of drug-likeness (QED) is 0.517. The van der Waals surface area contributed by atoms with Crippen LogP contribution in [0, 0.1) is 0 Å². The van der Waals surface area contributed by atoms with Gasteiger partial charge in [0.2, 0.25) is 0 Å². The summed E-state index contributed by atoms with van der Waals surface area (Å²) in [6.07, 6.45) is 1.89. The summed E-state index contributed by atoms with van der Waals surface area (Å²) in [5, 5.41) is 16.8. The molecule has 0 spiro atoms. The van der Waals surface area contributed by atoms with Crippen LogP contribution in [0.4, 0.5) is 0 Å². The van der Waals surface area contributed by atoms with E-state index in [9.17, 15) is 5.11 Å². The van der Waals surface area contributed by atoms with Crippen LogP contribution in [-0.4, -0.2) is 54.7 Å². The number of nitrogens with one attached hydrogen (secondary N) is 2. The Morgan fingerprint density at radius 3 is 2.96 bits per heavy atom. The molecule has 0 aliphatic carbocycles. The molecular weight excluding hydrogens is 332 g/mol. The molecule has 1 aliphatic rings. The molecule has 1 saturated heterocycles. The summed E-state index contributed by atoms with van der Waals surface area (Å²) in [6, 6.07) is 4.23.